The van der Waals surface area contributed by atoms with E-state index in [1.54, 1.807) is 16.0 Å². The van der Waals surface area contributed by atoms with Crippen molar-refractivity contribution in [2.45, 2.75) is 50.1 Å². The Hall–Kier alpha value is -1.12. The third-order valence-electron chi connectivity index (χ3n) is 4.08. The van der Waals surface area contributed by atoms with Gasteiger partial charge in [-0.05, 0) is 25.2 Å². The van der Waals surface area contributed by atoms with E-state index in [1.807, 2.05) is 0 Å². The SMILES string of the molecule is CC1CCCC(NS(=O)(=O)c2c(N)nc3sccn23)CC1. The van der Waals surface area contributed by atoms with Gasteiger partial charge in [-0.25, -0.2) is 18.1 Å². The van der Waals surface area contributed by atoms with Crippen molar-refractivity contribution >= 4 is 32.1 Å². The van der Waals surface area contributed by atoms with Crippen LogP contribution in [0.4, 0.5) is 5.82 Å². The van der Waals surface area contributed by atoms with Crippen molar-refractivity contribution in [2.24, 2.45) is 5.92 Å². The van der Waals surface area contributed by atoms with Crippen LogP contribution in [-0.4, -0.2) is 23.8 Å². The summed E-state index contributed by atoms with van der Waals surface area (Å²) in [5, 5.41) is 1.87. The van der Waals surface area contributed by atoms with Gasteiger partial charge in [-0.1, -0.05) is 19.8 Å². The number of nitrogens with one attached hydrogen (secondary N) is 1. The van der Waals surface area contributed by atoms with Crippen LogP contribution in [0.2, 0.25) is 0 Å². The van der Waals surface area contributed by atoms with E-state index >= 15 is 0 Å². The molecule has 0 spiro atoms. The molecule has 116 valence electrons. The maximum absolute atomic E-state index is 12.6. The van der Waals surface area contributed by atoms with Crippen LogP contribution < -0.4 is 10.5 Å². The highest BCUT2D eigenvalue weighted by Gasteiger charge is 2.28. The number of hydrogen-bond acceptors (Lipinski definition) is 5. The van der Waals surface area contributed by atoms with Crippen molar-refractivity contribution in [1.82, 2.24) is 14.1 Å². The number of aromatic nitrogens is 2. The summed E-state index contributed by atoms with van der Waals surface area (Å²) in [7, 11) is -3.65. The summed E-state index contributed by atoms with van der Waals surface area (Å²) in [5.74, 6) is 0.736. The van der Waals surface area contributed by atoms with Gasteiger partial charge in [0.1, 0.15) is 0 Å². The lowest BCUT2D eigenvalue weighted by molar-refractivity contribution is 0.484. The predicted molar refractivity (Wildman–Crippen MR) is 83.8 cm³/mol. The second-order valence-corrected chi connectivity index (χ2v) is 8.29. The molecule has 21 heavy (non-hydrogen) atoms. The second-order valence-electron chi connectivity index (χ2n) is 5.79. The molecule has 8 heteroatoms. The largest absolute Gasteiger partial charge is 0.381 e. The fraction of sp³-hybridized carbons (Fsp3) is 0.615. The molecule has 0 saturated heterocycles. The van der Waals surface area contributed by atoms with Crippen LogP contribution >= 0.6 is 11.3 Å². The van der Waals surface area contributed by atoms with Crippen LogP contribution in [0.1, 0.15) is 39.0 Å². The lowest BCUT2D eigenvalue weighted by atomic mass is 10.0. The van der Waals surface area contributed by atoms with Gasteiger partial charge in [-0.3, -0.25) is 4.40 Å². The van der Waals surface area contributed by atoms with Gasteiger partial charge in [0, 0.05) is 17.6 Å². The highest BCUT2D eigenvalue weighted by molar-refractivity contribution is 7.89. The average Bonchev–Trinajstić information content (AvgIpc) is 2.88. The fourth-order valence-electron chi connectivity index (χ4n) is 2.93. The summed E-state index contributed by atoms with van der Waals surface area (Å²) < 4.78 is 29.6. The molecule has 0 aliphatic heterocycles. The maximum Gasteiger partial charge on any atom is 0.260 e. The van der Waals surface area contributed by atoms with Crippen LogP contribution in [0.25, 0.3) is 4.96 Å². The molecular formula is C13H20N4O2S2. The van der Waals surface area contributed by atoms with Gasteiger partial charge in [0.15, 0.2) is 15.8 Å². The zero-order chi connectivity index (χ0) is 15.0. The van der Waals surface area contributed by atoms with E-state index in [0.29, 0.717) is 10.9 Å². The Morgan fingerprint density at radius 3 is 3.00 bits per heavy atom. The minimum atomic E-state index is -3.65. The number of sulfonamides is 1. The normalized spacial score (nSPS) is 24.2. The van der Waals surface area contributed by atoms with Crippen molar-refractivity contribution in [3.8, 4) is 0 Å². The van der Waals surface area contributed by atoms with Crippen molar-refractivity contribution in [1.29, 1.82) is 0 Å². The monoisotopic (exact) mass is 328 g/mol. The Balaban J connectivity index is 1.86. The number of anilines is 1. The topological polar surface area (TPSA) is 89.5 Å². The van der Waals surface area contributed by atoms with E-state index in [1.165, 1.54) is 17.8 Å². The Kier molecular flexibility index (Phi) is 3.94. The van der Waals surface area contributed by atoms with E-state index in [0.717, 1.165) is 25.7 Å². The van der Waals surface area contributed by atoms with Crippen LogP contribution in [0.15, 0.2) is 16.6 Å². The van der Waals surface area contributed by atoms with Gasteiger partial charge in [0.25, 0.3) is 10.0 Å². The Morgan fingerprint density at radius 2 is 2.19 bits per heavy atom. The Labute approximate surface area is 128 Å². The molecule has 2 heterocycles. The van der Waals surface area contributed by atoms with Crippen LogP contribution in [0.5, 0.6) is 0 Å². The fourth-order valence-corrected chi connectivity index (χ4v) is 5.22. The number of nitrogens with zero attached hydrogens (tertiary/aromatic N) is 2. The van der Waals surface area contributed by atoms with Gasteiger partial charge in [0.2, 0.25) is 0 Å². The number of hydrogen-bond donors (Lipinski definition) is 2. The first-order valence-electron chi connectivity index (χ1n) is 7.21. The van der Waals surface area contributed by atoms with Gasteiger partial charge in [-0.15, -0.1) is 11.3 Å². The van der Waals surface area contributed by atoms with Crippen LogP contribution in [0.3, 0.4) is 0 Å². The second kappa shape index (κ2) is 5.58. The van der Waals surface area contributed by atoms with Crippen LogP contribution in [0, 0.1) is 5.92 Å². The molecule has 3 rings (SSSR count). The van der Waals surface area contributed by atoms with E-state index < -0.39 is 10.0 Å². The summed E-state index contributed by atoms with van der Waals surface area (Å²) in [5.41, 5.74) is 5.80. The third-order valence-corrected chi connectivity index (χ3v) is 6.39. The number of thiazole rings is 1. The number of imidazole rings is 1. The third kappa shape index (κ3) is 2.93. The lowest BCUT2D eigenvalue weighted by Crippen LogP contribution is -2.35. The van der Waals surface area contributed by atoms with Gasteiger partial charge in [0.05, 0.1) is 0 Å². The summed E-state index contributed by atoms with van der Waals surface area (Å²) in [6, 6.07) is -0.0106. The molecule has 2 unspecified atom stereocenters. The first-order valence-corrected chi connectivity index (χ1v) is 9.57. The zero-order valence-electron chi connectivity index (χ0n) is 11.9. The number of fused-ring (bicyclic) bond motifs is 1. The minimum Gasteiger partial charge on any atom is -0.381 e. The Morgan fingerprint density at radius 1 is 1.38 bits per heavy atom. The first-order chi connectivity index (χ1) is 9.97. The molecule has 0 amide bonds. The van der Waals surface area contributed by atoms with Gasteiger partial charge < -0.3 is 5.73 Å². The van der Waals surface area contributed by atoms with E-state index in [2.05, 4.69) is 16.6 Å². The highest BCUT2D eigenvalue weighted by atomic mass is 32.2. The molecule has 1 fully saturated rings. The van der Waals surface area contributed by atoms with Crippen molar-refractivity contribution < 1.29 is 8.42 Å². The molecule has 2 atom stereocenters. The summed E-state index contributed by atoms with van der Waals surface area (Å²) in [6.45, 7) is 2.22. The minimum absolute atomic E-state index is 0.0106. The smallest absolute Gasteiger partial charge is 0.260 e. The van der Waals surface area contributed by atoms with E-state index in [4.69, 9.17) is 5.73 Å². The molecule has 0 bridgehead atoms. The molecule has 0 aromatic carbocycles. The molecule has 3 N–H and O–H groups in total. The zero-order valence-corrected chi connectivity index (χ0v) is 13.6. The highest BCUT2D eigenvalue weighted by Crippen LogP contribution is 2.26. The summed E-state index contributed by atoms with van der Waals surface area (Å²) >= 11 is 1.37. The van der Waals surface area contributed by atoms with Crippen LogP contribution in [-0.2, 0) is 10.0 Å². The number of rotatable bonds is 3. The maximum atomic E-state index is 12.6. The molecule has 2 aromatic heterocycles. The van der Waals surface area contributed by atoms with E-state index in [-0.39, 0.29) is 16.9 Å². The lowest BCUT2D eigenvalue weighted by Gasteiger charge is -2.16. The number of nitrogen functional groups attached to an aromatic ring is 1. The average molecular weight is 328 g/mol. The van der Waals surface area contributed by atoms with Crippen molar-refractivity contribution in [2.75, 3.05) is 5.73 Å². The molecular weight excluding hydrogens is 308 g/mol. The summed E-state index contributed by atoms with van der Waals surface area (Å²) in [6.07, 6.45) is 6.74. The molecule has 1 aliphatic carbocycles. The molecule has 6 nitrogen and oxygen atoms in total. The quantitative estimate of drug-likeness (QED) is 0.846. The van der Waals surface area contributed by atoms with Crippen molar-refractivity contribution in [3.63, 3.8) is 0 Å². The van der Waals surface area contributed by atoms with Gasteiger partial charge in [-0.2, -0.15) is 0 Å². The Bertz CT molecular complexity index is 735. The molecule has 1 aliphatic rings. The number of nitrogens with two attached hydrogens (primary N) is 1. The van der Waals surface area contributed by atoms with Gasteiger partial charge >= 0.3 is 0 Å². The van der Waals surface area contributed by atoms with E-state index in [9.17, 15) is 8.42 Å². The summed E-state index contributed by atoms with van der Waals surface area (Å²) in [4.78, 5) is 4.70. The first kappa shape index (κ1) is 14.8. The van der Waals surface area contributed by atoms with Crippen molar-refractivity contribution in [3.05, 3.63) is 11.6 Å². The molecule has 1 saturated carbocycles. The molecule has 2 aromatic rings. The standard InChI is InChI=1S/C13H20N4O2S2/c1-9-3-2-4-10(6-5-9)16-21(18,19)12-11(14)15-13-17(12)7-8-20-13/h7-10,16H,2-6,14H2,1H3. The predicted octanol–water partition coefficient (Wildman–Crippen LogP) is 2.23. The molecule has 0 radical (unpaired) electrons.